The molecule has 0 radical (unpaired) electrons. The molecular formula is C12H17BrN2. The first-order valence-electron chi connectivity index (χ1n) is 5.45. The molecule has 1 aromatic carbocycles. The molecule has 0 saturated carbocycles. The molecular weight excluding hydrogens is 252 g/mol. The Hall–Kier alpha value is -0.380. The van der Waals surface area contributed by atoms with E-state index >= 15 is 0 Å². The van der Waals surface area contributed by atoms with Crippen LogP contribution in [-0.4, -0.2) is 25.7 Å². The normalized spacial score (nSPS) is 21.6. The number of hydrogen-bond acceptors (Lipinski definition) is 2. The Kier molecular flexibility index (Phi) is 3.78. The minimum absolute atomic E-state index is 0.582. The van der Waals surface area contributed by atoms with E-state index in [-0.39, 0.29) is 0 Å². The molecule has 15 heavy (non-hydrogen) atoms. The summed E-state index contributed by atoms with van der Waals surface area (Å²) in [6.45, 7) is 5.43. The summed E-state index contributed by atoms with van der Waals surface area (Å²) in [6.07, 6.45) is 1.12. The molecule has 1 aliphatic rings. The van der Waals surface area contributed by atoms with Crippen LogP contribution in [0.4, 0.5) is 0 Å². The van der Waals surface area contributed by atoms with Crippen LogP contribution in [0.25, 0.3) is 0 Å². The average molecular weight is 269 g/mol. The predicted octanol–water partition coefficient (Wildman–Crippen LogP) is 1.86. The Morgan fingerprint density at radius 2 is 2.27 bits per heavy atom. The van der Waals surface area contributed by atoms with Gasteiger partial charge in [0.1, 0.15) is 0 Å². The van der Waals surface area contributed by atoms with Crippen molar-refractivity contribution < 1.29 is 0 Å². The Morgan fingerprint density at radius 3 is 2.93 bits per heavy atom. The summed E-state index contributed by atoms with van der Waals surface area (Å²) < 4.78 is 1.17. The zero-order chi connectivity index (χ0) is 10.7. The van der Waals surface area contributed by atoms with Crippen LogP contribution < -0.4 is 10.6 Å². The van der Waals surface area contributed by atoms with Crippen LogP contribution in [0, 0.1) is 6.92 Å². The first-order valence-corrected chi connectivity index (χ1v) is 6.24. The van der Waals surface area contributed by atoms with Gasteiger partial charge in [-0.3, -0.25) is 0 Å². The lowest BCUT2D eigenvalue weighted by molar-refractivity contribution is 0.416. The monoisotopic (exact) mass is 268 g/mol. The van der Waals surface area contributed by atoms with Gasteiger partial charge in [-0.2, -0.15) is 0 Å². The fraction of sp³-hybridized carbons (Fsp3) is 0.500. The maximum Gasteiger partial charge on any atom is 0.0233 e. The van der Waals surface area contributed by atoms with Gasteiger partial charge in [0.05, 0.1) is 0 Å². The molecule has 2 nitrogen and oxygen atoms in total. The third-order valence-electron chi connectivity index (χ3n) is 2.90. The second-order valence-corrected chi connectivity index (χ2v) is 5.05. The number of aryl methyl sites for hydroxylation is 1. The summed E-state index contributed by atoms with van der Waals surface area (Å²) in [5.74, 6) is 0. The zero-order valence-corrected chi connectivity index (χ0v) is 10.6. The topological polar surface area (TPSA) is 24.1 Å². The molecule has 1 unspecified atom stereocenters. The quantitative estimate of drug-likeness (QED) is 0.856. The van der Waals surface area contributed by atoms with Gasteiger partial charge in [-0.1, -0.05) is 22.0 Å². The fourth-order valence-corrected chi connectivity index (χ4v) is 2.49. The van der Waals surface area contributed by atoms with Gasteiger partial charge < -0.3 is 10.6 Å². The molecule has 1 aromatic rings. The molecule has 2 rings (SSSR count). The van der Waals surface area contributed by atoms with Crippen molar-refractivity contribution in [2.45, 2.75) is 19.4 Å². The van der Waals surface area contributed by atoms with Crippen LogP contribution >= 0.6 is 15.9 Å². The predicted molar refractivity (Wildman–Crippen MR) is 67.2 cm³/mol. The summed E-state index contributed by atoms with van der Waals surface area (Å²) in [5, 5.41) is 6.95. The number of rotatable bonds is 2. The minimum atomic E-state index is 0.582. The van der Waals surface area contributed by atoms with E-state index in [9.17, 15) is 0 Å². The van der Waals surface area contributed by atoms with E-state index in [0.717, 1.165) is 26.1 Å². The lowest BCUT2D eigenvalue weighted by Crippen LogP contribution is -2.49. The summed E-state index contributed by atoms with van der Waals surface area (Å²) in [6, 6.07) is 7.11. The Bertz CT molecular complexity index is 332. The third-order valence-corrected chi connectivity index (χ3v) is 3.39. The summed E-state index contributed by atoms with van der Waals surface area (Å²) in [7, 11) is 0. The lowest BCUT2D eigenvalue weighted by atomic mass is 10.0. The van der Waals surface area contributed by atoms with Crippen LogP contribution in [0.1, 0.15) is 11.1 Å². The lowest BCUT2D eigenvalue weighted by Gasteiger charge is -2.25. The molecule has 1 heterocycles. The van der Waals surface area contributed by atoms with E-state index in [1.54, 1.807) is 0 Å². The fourth-order valence-electron chi connectivity index (χ4n) is 2.01. The zero-order valence-electron chi connectivity index (χ0n) is 9.02. The van der Waals surface area contributed by atoms with Crippen molar-refractivity contribution in [1.29, 1.82) is 0 Å². The third kappa shape index (κ3) is 3.03. The number of hydrogen-bond donors (Lipinski definition) is 2. The van der Waals surface area contributed by atoms with Gasteiger partial charge in [0.25, 0.3) is 0 Å². The number of benzene rings is 1. The largest absolute Gasteiger partial charge is 0.314 e. The SMILES string of the molecule is Cc1cc(Br)ccc1CC1CNCCN1. The molecule has 1 fully saturated rings. The van der Waals surface area contributed by atoms with Gasteiger partial charge >= 0.3 is 0 Å². The van der Waals surface area contributed by atoms with Crippen molar-refractivity contribution in [1.82, 2.24) is 10.6 Å². The Labute approximate surface area is 99.6 Å². The van der Waals surface area contributed by atoms with Gasteiger partial charge in [0, 0.05) is 30.1 Å². The highest BCUT2D eigenvalue weighted by molar-refractivity contribution is 9.10. The van der Waals surface area contributed by atoms with E-state index < -0.39 is 0 Å². The standard InChI is InChI=1S/C12H17BrN2/c1-9-6-11(13)3-2-10(9)7-12-8-14-4-5-15-12/h2-3,6,12,14-15H,4-5,7-8H2,1H3. The van der Waals surface area contributed by atoms with E-state index in [2.05, 4.69) is 51.7 Å². The minimum Gasteiger partial charge on any atom is -0.314 e. The van der Waals surface area contributed by atoms with E-state index in [4.69, 9.17) is 0 Å². The maximum atomic E-state index is 3.54. The highest BCUT2D eigenvalue weighted by atomic mass is 79.9. The van der Waals surface area contributed by atoms with Gasteiger partial charge in [-0.15, -0.1) is 0 Å². The molecule has 3 heteroatoms. The van der Waals surface area contributed by atoms with E-state index in [0.29, 0.717) is 6.04 Å². The van der Waals surface area contributed by atoms with Gasteiger partial charge in [-0.25, -0.2) is 0 Å². The smallest absolute Gasteiger partial charge is 0.0233 e. The molecule has 1 aliphatic heterocycles. The molecule has 0 bridgehead atoms. The molecule has 1 saturated heterocycles. The van der Waals surface area contributed by atoms with Crippen molar-refractivity contribution in [2.24, 2.45) is 0 Å². The highest BCUT2D eigenvalue weighted by Crippen LogP contribution is 2.17. The van der Waals surface area contributed by atoms with Gasteiger partial charge in [0.2, 0.25) is 0 Å². The second-order valence-electron chi connectivity index (χ2n) is 4.13. The Balaban J connectivity index is 2.03. The molecule has 1 atom stereocenters. The second kappa shape index (κ2) is 5.10. The first kappa shape index (κ1) is 11.1. The van der Waals surface area contributed by atoms with E-state index in [1.807, 2.05) is 0 Å². The molecule has 0 aromatic heterocycles. The van der Waals surface area contributed by atoms with Crippen molar-refractivity contribution in [3.63, 3.8) is 0 Å². The molecule has 0 amide bonds. The van der Waals surface area contributed by atoms with E-state index in [1.165, 1.54) is 15.6 Å². The van der Waals surface area contributed by atoms with Crippen LogP contribution in [-0.2, 0) is 6.42 Å². The number of nitrogens with one attached hydrogen (secondary N) is 2. The van der Waals surface area contributed by atoms with Crippen LogP contribution in [0.3, 0.4) is 0 Å². The maximum absolute atomic E-state index is 3.54. The summed E-state index contributed by atoms with van der Waals surface area (Å²) >= 11 is 3.49. The number of halogens is 1. The summed E-state index contributed by atoms with van der Waals surface area (Å²) in [5.41, 5.74) is 2.82. The first-order chi connectivity index (χ1) is 7.25. The van der Waals surface area contributed by atoms with Crippen molar-refractivity contribution >= 4 is 15.9 Å². The van der Waals surface area contributed by atoms with Crippen molar-refractivity contribution in [3.05, 3.63) is 33.8 Å². The van der Waals surface area contributed by atoms with Gasteiger partial charge in [0.15, 0.2) is 0 Å². The van der Waals surface area contributed by atoms with Crippen molar-refractivity contribution in [2.75, 3.05) is 19.6 Å². The Morgan fingerprint density at radius 1 is 1.40 bits per heavy atom. The molecule has 0 spiro atoms. The molecule has 2 N–H and O–H groups in total. The average Bonchev–Trinajstić information content (AvgIpc) is 2.24. The van der Waals surface area contributed by atoms with Crippen molar-refractivity contribution in [3.8, 4) is 0 Å². The van der Waals surface area contributed by atoms with Crippen LogP contribution in [0.15, 0.2) is 22.7 Å². The van der Waals surface area contributed by atoms with Gasteiger partial charge in [-0.05, 0) is 36.6 Å². The van der Waals surface area contributed by atoms with Crippen LogP contribution in [0.5, 0.6) is 0 Å². The van der Waals surface area contributed by atoms with Crippen LogP contribution in [0.2, 0.25) is 0 Å². The summed E-state index contributed by atoms with van der Waals surface area (Å²) in [4.78, 5) is 0. The highest BCUT2D eigenvalue weighted by Gasteiger charge is 2.13. The number of piperazine rings is 1. The molecule has 82 valence electrons. The molecule has 0 aliphatic carbocycles.